The van der Waals surface area contributed by atoms with Crippen LogP contribution in [0.25, 0.3) is 0 Å². The molecule has 0 spiro atoms. The number of imidazole rings is 1. The van der Waals surface area contributed by atoms with Gasteiger partial charge >= 0.3 is 5.97 Å². The number of hydrogen-bond acceptors (Lipinski definition) is 5. The highest BCUT2D eigenvalue weighted by atomic mass is 16.5. The van der Waals surface area contributed by atoms with Crippen molar-refractivity contribution >= 4 is 5.97 Å². The Bertz CT molecular complexity index is 427. The number of hydrogen-bond donors (Lipinski definition) is 0. The molecule has 1 atom stereocenters. The van der Waals surface area contributed by atoms with E-state index in [2.05, 4.69) is 9.88 Å². The van der Waals surface area contributed by atoms with Crippen LogP contribution in [0.2, 0.25) is 0 Å². The molecule has 20 heavy (non-hydrogen) atoms. The highest BCUT2D eigenvalue weighted by Gasteiger charge is 2.20. The highest BCUT2D eigenvalue weighted by Crippen LogP contribution is 2.15. The summed E-state index contributed by atoms with van der Waals surface area (Å²) in [6.07, 6.45) is 6.61. The van der Waals surface area contributed by atoms with Crippen molar-refractivity contribution in [1.82, 2.24) is 14.5 Å². The molecule has 2 heterocycles. The van der Waals surface area contributed by atoms with Crippen molar-refractivity contribution in [2.24, 2.45) is 7.05 Å². The van der Waals surface area contributed by atoms with Crippen molar-refractivity contribution in [3.05, 3.63) is 18.2 Å². The minimum atomic E-state index is -0.179. The number of carbonyl (C=O) groups is 1. The average Bonchev–Trinajstić information content (AvgIpc) is 3.08. The zero-order valence-electron chi connectivity index (χ0n) is 12.2. The van der Waals surface area contributed by atoms with Crippen LogP contribution in [0.3, 0.4) is 0 Å². The Hall–Kier alpha value is -1.40. The average molecular weight is 281 g/mol. The summed E-state index contributed by atoms with van der Waals surface area (Å²) in [5.74, 6) is 0.815. The Balaban J connectivity index is 1.91. The molecular weight excluding hydrogens is 258 g/mol. The Morgan fingerprint density at radius 3 is 3.10 bits per heavy atom. The zero-order chi connectivity index (χ0) is 14.4. The molecule has 0 aliphatic carbocycles. The van der Waals surface area contributed by atoms with Crippen molar-refractivity contribution in [2.75, 3.05) is 26.8 Å². The lowest BCUT2D eigenvalue weighted by molar-refractivity contribution is -0.141. The van der Waals surface area contributed by atoms with Gasteiger partial charge in [-0.05, 0) is 12.8 Å². The topological polar surface area (TPSA) is 56.6 Å². The first-order chi connectivity index (χ1) is 9.69. The van der Waals surface area contributed by atoms with E-state index in [1.807, 2.05) is 17.8 Å². The Morgan fingerprint density at radius 1 is 1.65 bits per heavy atom. The van der Waals surface area contributed by atoms with E-state index in [1.54, 1.807) is 6.20 Å². The molecule has 1 aliphatic heterocycles. The summed E-state index contributed by atoms with van der Waals surface area (Å²) in [7, 11) is 3.40. The normalized spacial score (nSPS) is 18.6. The van der Waals surface area contributed by atoms with Gasteiger partial charge in [-0.2, -0.15) is 0 Å². The molecule has 1 aliphatic rings. The first kappa shape index (κ1) is 15.0. The molecular formula is C14H23N3O3. The van der Waals surface area contributed by atoms with Crippen molar-refractivity contribution in [3.8, 4) is 0 Å². The number of methoxy groups -OCH3 is 1. The van der Waals surface area contributed by atoms with Gasteiger partial charge in [0.05, 0.1) is 26.2 Å². The van der Waals surface area contributed by atoms with Gasteiger partial charge in [-0.15, -0.1) is 0 Å². The predicted molar refractivity (Wildman–Crippen MR) is 74.1 cm³/mol. The summed E-state index contributed by atoms with van der Waals surface area (Å²) in [6, 6.07) is 0. The molecule has 2 rings (SSSR count). The largest absolute Gasteiger partial charge is 0.469 e. The van der Waals surface area contributed by atoms with Crippen LogP contribution in [-0.2, 0) is 27.9 Å². The molecule has 0 amide bonds. The standard InChI is InChI=1S/C14H23N3O3/c1-16-8-6-15-13(16)11-17(7-5-14(18)19-2)10-12-4-3-9-20-12/h6,8,12H,3-5,7,9-11H2,1-2H3/t12-/m0/s1. The van der Waals surface area contributed by atoms with Crippen LogP contribution in [-0.4, -0.2) is 53.3 Å². The SMILES string of the molecule is COC(=O)CCN(Cc1nccn1C)C[C@@H]1CCCO1. The monoisotopic (exact) mass is 281 g/mol. The maximum atomic E-state index is 11.3. The molecule has 0 aromatic carbocycles. The lowest BCUT2D eigenvalue weighted by Gasteiger charge is -2.24. The first-order valence-corrected chi connectivity index (χ1v) is 7.06. The summed E-state index contributed by atoms with van der Waals surface area (Å²) in [4.78, 5) is 17.9. The number of rotatable bonds is 7. The third-order valence-corrected chi connectivity index (χ3v) is 3.63. The van der Waals surface area contributed by atoms with Gasteiger partial charge in [0.15, 0.2) is 0 Å². The molecule has 0 unspecified atom stereocenters. The van der Waals surface area contributed by atoms with Crippen LogP contribution < -0.4 is 0 Å². The third kappa shape index (κ3) is 4.31. The maximum Gasteiger partial charge on any atom is 0.306 e. The number of esters is 1. The lowest BCUT2D eigenvalue weighted by Crippen LogP contribution is -2.34. The van der Waals surface area contributed by atoms with Gasteiger partial charge < -0.3 is 14.0 Å². The molecule has 1 saturated heterocycles. The fourth-order valence-electron chi connectivity index (χ4n) is 2.41. The van der Waals surface area contributed by atoms with Gasteiger partial charge in [-0.25, -0.2) is 4.98 Å². The van der Waals surface area contributed by atoms with Crippen LogP contribution in [0.5, 0.6) is 0 Å². The quantitative estimate of drug-likeness (QED) is 0.697. The second-order valence-electron chi connectivity index (χ2n) is 5.15. The second kappa shape index (κ2) is 7.40. The van der Waals surface area contributed by atoms with Gasteiger partial charge in [0.25, 0.3) is 0 Å². The van der Waals surface area contributed by atoms with Crippen LogP contribution in [0.4, 0.5) is 0 Å². The van der Waals surface area contributed by atoms with E-state index in [0.717, 1.165) is 38.4 Å². The van der Waals surface area contributed by atoms with Crippen molar-refractivity contribution in [3.63, 3.8) is 0 Å². The molecule has 6 heteroatoms. The van der Waals surface area contributed by atoms with E-state index >= 15 is 0 Å². The van der Waals surface area contributed by atoms with Gasteiger partial charge in [0.2, 0.25) is 0 Å². The second-order valence-corrected chi connectivity index (χ2v) is 5.15. The summed E-state index contributed by atoms with van der Waals surface area (Å²) in [6.45, 7) is 3.07. The number of aromatic nitrogens is 2. The number of aryl methyl sites for hydroxylation is 1. The van der Waals surface area contributed by atoms with E-state index in [4.69, 9.17) is 9.47 Å². The van der Waals surface area contributed by atoms with Crippen LogP contribution in [0.1, 0.15) is 25.1 Å². The third-order valence-electron chi connectivity index (χ3n) is 3.63. The molecule has 1 aromatic heterocycles. The predicted octanol–water partition coefficient (Wildman–Crippen LogP) is 0.964. The van der Waals surface area contributed by atoms with Crippen LogP contribution in [0, 0.1) is 0 Å². The summed E-state index contributed by atoms with van der Waals surface area (Å²) < 4.78 is 12.4. The zero-order valence-corrected chi connectivity index (χ0v) is 12.2. The fourth-order valence-corrected chi connectivity index (χ4v) is 2.41. The van der Waals surface area contributed by atoms with Gasteiger partial charge in [-0.1, -0.05) is 0 Å². The van der Waals surface area contributed by atoms with E-state index in [0.29, 0.717) is 13.0 Å². The van der Waals surface area contributed by atoms with Crippen LogP contribution >= 0.6 is 0 Å². The summed E-state index contributed by atoms with van der Waals surface area (Å²) >= 11 is 0. The smallest absolute Gasteiger partial charge is 0.306 e. The van der Waals surface area contributed by atoms with Crippen LogP contribution in [0.15, 0.2) is 12.4 Å². The number of nitrogens with zero attached hydrogens (tertiary/aromatic N) is 3. The molecule has 0 bridgehead atoms. The Labute approximate surface area is 119 Å². The molecule has 112 valence electrons. The molecule has 6 nitrogen and oxygen atoms in total. The van der Waals surface area contributed by atoms with Crippen molar-refractivity contribution in [1.29, 1.82) is 0 Å². The van der Waals surface area contributed by atoms with Crippen molar-refractivity contribution < 1.29 is 14.3 Å². The molecule has 1 aromatic rings. The molecule has 0 saturated carbocycles. The number of carbonyl (C=O) groups excluding carboxylic acids is 1. The van der Waals surface area contributed by atoms with Gasteiger partial charge in [0, 0.05) is 39.1 Å². The minimum Gasteiger partial charge on any atom is -0.469 e. The number of ether oxygens (including phenoxy) is 2. The summed E-state index contributed by atoms with van der Waals surface area (Å²) in [5.41, 5.74) is 0. The molecule has 0 radical (unpaired) electrons. The molecule has 0 N–H and O–H groups in total. The van der Waals surface area contributed by atoms with E-state index < -0.39 is 0 Å². The molecule has 1 fully saturated rings. The van der Waals surface area contributed by atoms with Crippen molar-refractivity contribution in [2.45, 2.75) is 31.9 Å². The fraction of sp³-hybridized carbons (Fsp3) is 0.714. The van der Waals surface area contributed by atoms with Gasteiger partial charge in [0.1, 0.15) is 5.82 Å². The van der Waals surface area contributed by atoms with E-state index in [9.17, 15) is 4.79 Å². The maximum absolute atomic E-state index is 11.3. The van der Waals surface area contributed by atoms with Gasteiger partial charge in [-0.3, -0.25) is 9.69 Å². The lowest BCUT2D eigenvalue weighted by atomic mass is 10.2. The minimum absolute atomic E-state index is 0.179. The van der Waals surface area contributed by atoms with E-state index in [1.165, 1.54) is 7.11 Å². The Morgan fingerprint density at radius 2 is 2.50 bits per heavy atom. The van der Waals surface area contributed by atoms with E-state index in [-0.39, 0.29) is 12.1 Å². The first-order valence-electron chi connectivity index (χ1n) is 7.06. The Kier molecular flexibility index (Phi) is 5.55. The highest BCUT2D eigenvalue weighted by molar-refractivity contribution is 5.69. The summed E-state index contributed by atoms with van der Waals surface area (Å²) in [5, 5.41) is 0.